The van der Waals surface area contributed by atoms with Gasteiger partial charge in [-0.1, -0.05) is 12.2 Å². The van der Waals surface area contributed by atoms with Crippen molar-refractivity contribution in [2.45, 2.75) is 12.8 Å². The topological polar surface area (TPSA) is 52.6 Å². The Morgan fingerprint density at radius 2 is 2.12 bits per heavy atom. The molecule has 0 N–H and O–H groups in total. The molecular formula is C12H14O4S. The lowest BCUT2D eigenvalue weighted by atomic mass is 9.85. The number of fused-ring (bicyclic) bond motifs is 3. The van der Waals surface area contributed by atoms with E-state index < -0.39 is 5.41 Å². The van der Waals surface area contributed by atoms with E-state index in [0.29, 0.717) is 23.5 Å². The smallest absolute Gasteiger partial charge is 0.344 e. The highest BCUT2D eigenvalue weighted by atomic mass is 32.2. The molecule has 1 atom stereocenters. The van der Waals surface area contributed by atoms with Crippen molar-refractivity contribution in [3.63, 3.8) is 0 Å². The van der Waals surface area contributed by atoms with Crippen LogP contribution in [0.4, 0.5) is 0 Å². The van der Waals surface area contributed by atoms with E-state index in [1.807, 2.05) is 6.08 Å². The van der Waals surface area contributed by atoms with Crippen LogP contribution in [0.5, 0.6) is 0 Å². The first-order valence-electron chi connectivity index (χ1n) is 5.49. The third-order valence-corrected chi connectivity index (χ3v) is 4.26. The van der Waals surface area contributed by atoms with Gasteiger partial charge in [-0.05, 0) is 12.8 Å². The van der Waals surface area contributed by atoms with Gasteiger partial charge in [0.15, 0.2) is 0 Å². The van der Waals surface area contributed by atoms with Crippen molar-refractivity contribution in [3.8, 4) is 0 Å². The molecule has 92 valence electrons. The minimum absolute atomic E-state index is 0.107. The normalized spacial score (nSPS) is 29.8. The van der Waals surface area contributed by atoms with Crippen LogP contribution in [0.25, 0.3) is 0 Å². The molecule has 0 aromatic heterocycles. The van der Waals surface area contributed by atoms with Gasteiger partial charge in [-0.25, -0.2) is 4.79 Å². The molecule has 1 fully saturated rings. The predicted octanol–water partition coefficient (Wildman–Crippen LogP) is 1.67. The number of esters is 2. The molecule has 1 saturated heterocycles. The first-order chi connectivity index (χ1) is 8.18. The van der Waals surface area contributed by atoms with Crippen molar-refractivity contribution in [1.29, 1.82) is 0 Å². The van der Waals surface area contributed by atoms with Crippen LogP contribution in [0.15, 0.2) is 23.6 Å². The lowest BCUT2D eigenvalue weighted by molar-refractivity contribution is -0.156. The van der Waals surface area contributed by atoms with E-state index in [9.17, 15) is 9.59 Å². The molecule has 17 heavy (non-hydrogen) atoms. The fourth-order valence-electron chi connectivity index (χ4n) is 1.83. The summed E-state index contributed by atoms with van der Waals surface area (Å²) in [5.41, 5.74) is -0.680. The molecule has 2 heterocycles. The molecule has 0 amide bonds. The molecule has 2 aliphatic rings. The summed E-state index contributed by atoms with van der Waals surface area (Å²) in [6.45, 7) is 3.95. The van der Waals surface area contributed by atoms with E-state index in [0.717, 1.165) is 0 Å². The Morgan fingerprint density at radius 3 is 2.88 bits per heavy atom. The zero-order valence-electron chi connectivity index (χ0n) is 9.44. The quantitative estimate of drug-likeness (QED) is 0.526. The fraction of sp³-hybridized carbons (Fsp3) is 0.500. The highest BCUT2D eigenvalue weighted by molar-refractivity contribution is 8.04. The molecule has 0 spiro atoms. The number of ether oxygens (including phenoxy) is 2. The summed E-state index contributed by atoms with van der Waals surface area (Å²) in [6.07, 6.45) is 4.75. The van der Waals surface area contributed by atoms with E-state index in [1.165, 1.54) is 11.8 Å². The molecule has 0 aromatic carbocycles. The second-order valence-electron chi connectivity index (χ2n) is 4.03. The van der Waals surface area contributed by atoms with E-state index in [4.69, 9.17) is 9.47 Å². The number of carbonyl (C=O) groups is 2. The average Bonchev–Trinajstić information content (AvgIpc) is 2.57. The van der Waals surface area contributed by atoms with Crippen molar-refractivity contribution in [2.24, 2.45) is 5.41 Å². The van der Waals surface area contributed by atoms with Crippen LogP contribution in [0.1, 0.15) is 12.8 Å². The molecular weight excluding hydrogens is 240 g/mol. The number of hydrogen-bond acceptors (Lipinski definition) is 5. The Balaban J connectivity index is 2.29. The molecule has 0 saturated carbocycles. The Morgan fingerprint density at radius 1 is 1.35 bits per heavy atom. The first kappa shape index (κ1) is 12.2. The number of rotatable bonds is 1. The van der Waals surface area contributed by atoms with E-state index in [2.05, 4.69) is 6.58 Å². The summed E-state index contributed by atoms with van der Waals surface area (Å²) in [5.74, 6) is -0.114. The zero-order valence-corrected chi connectivity index (χ0v) is 10.3. The van der Waals surface area contributed by atoms with Crippen molar-refractivity contribution in [2.75, 3.05) is 19.0 Å². The van der Waals surface area contributed by atoms with Crippen LogP contribution in [0.2, 0.25) is 0 Å². The predicted molar refractivity (Wildman–Crippen MR) is 64.3 cm³/mol. The Kier molecular flexibility index (Phi) is 3.57. The van der Waals surface area contributed by atoms with Gasteiger partial charge in [0.05, 0.1) is 10.3 Å². The highest BCUT2D eigenvalue weighted by Crippen LogP contribution is 2.38. The number of carbonyl (C=O) groups excluding carboxylic acids is 2. The molecule has 2 aliphatic heterocycles. The maximum absolute atomic E-state index is 12.0. The van der Waals surface area contributed by atoms with Crippen LogP contribution < -0.4 is 0 Å². The third kappa shape index (κ3) is 2.39. The van der Waals surface area contributed by atoms with Gasteiger partial charge in [-0.15, -0.1) is 18.3 Å². The molecule has 0 aromatic rings. The van der Waals surface area contributed by atoms with Crippen LogP contribution in [0, 0.1) is 5.41 Å². The maximum atomic E-state index is 12.0. The van der Waals surface area contributed by atoms with Crippen molar-refractivity contribution >= 4 is 23.7 Å². The monoisotopic (exact) mass is 254 g/mol. The molecule has 1 unspecified atom stereocenters. The van der Waals surface area contributed by atoms with Crippen LogP contribution >= 0.6 is 11.8 Å². The SMILES string of the molecule is C=CC12CCC=C(SC1)C(=O)OCCOC2=O. The van der Waals surface area contributed by atoms with E-state index in [-0.39, 0.29) is 25.2 Å². The van der Waals surface area contributed by atoms with Gasteiger partial charge in [0, 0.05) is 5.75 Å². The average molecular weight is 254 g/mol. The molecule has 0 radical (unpaired) electrons. The summed E-state index contributed by atoms with van der Waals surface area (Å²) in [4.78, 5) is 24.2. The second-order valence-corrected chi connectivity index (χ2v) is 5.05. The van der Waals surface area contributed by atoms with Crippen molar-refractivity contribution in [1.82, 2.24) is 0 Å². The number of thioether (sulfide) groups is 1. The summed E-state index contributed by atoms with van der Waals surface area (Å²) in [6, 6.07) is 0. The van der Waals surface area contributed by atoms with Crippen LogP contribution in [-0.4, -0.2) is 30.9 Å². The van der Waals surface area contributed by atoms with Gasteiger partial charge in [-0.2, -0.15) is 0 Å². The number of cyclic esters (lactones) is 2. The van der Waals surface area contributed by atoms with Gasteiger partial charge in [0.2, 0.25) is 0 Å². The van der Waals surface area contributed by atoms with Gasteiger partial charge in [0.1, 0.15) is 13.2 Å². The first-order valence-corrected chi connectivity index (χ1v) is 6.47. The Labute approximate surface area is 104 Å². The number of allylic oxidation sites excluding steroid dienone is 1. The van der Waals surface area contributed by atoms with Gasteiger partial charge in [-0.3, -0.25) is 4.79 Å². The summed E-state index contributed by atoms with van der Waals surface area (Å²) in [5, 5.41) is 0. The lowest BCUT2D eigenvalue weighted by Crippen LogP contribution is -2.34. The molecule has 4 nitrogen and oxygen atoms in total. The minimum Gasteiger partial charge on any atom is -0.461 e. The summed E-state index contributed by atoms with van der Waals surface area (Å²) in [7, 11) is 0. The summed E-state index contributed by atoms with van der Waals surface area (Å²) >= 11 is 1.34. The molecule has 5 heteroatoms. The third-order valence-electron chi connectivity index (χ3n) is 2.95. The highest BCUT2D eigenvalue weighted by Gasteiger charge is 2.39. The van der Waals surface area contributed by atoms with E-state index in [1.54, 1.807) is 6.08 Å². The standard InChI is InChI=1S/C12H14O4S/c1-2-12-5-3-4-9(17-8-12)10(13)15-6-7-16-11(12)14/h2,4H,1,3,5-8H2. The Hall–Kier alpha value is -1.23. The maximum Gasteiger partial charge on any atom is 0.344 e. The van der Waals surface area contributed by atoms with Gasteiger partial charge < -0.3 is 9.47 Å². The number of hydrogen-bond donors (Lipinski definition) is 0. The van der Waals surface area contributed by atoms with Crippen LogP contribution in [-0.2, 0) is 19.1 Å². The van der Waals surface area contributed by atoms with Crippen molar-refractivity contribution < 1.29 is 19.1 Å². The molecule has 2 rings (SSSR count). The second kappa shape index (κ2) is 4.96. The Bertz CT molecular complexity index is 388. The minimum atomic E-state index is -0.680. The fourth-order valence-corrected chi connectivity index (χ4v) is 3.04. The van der Waals surface area contributed by atoms with Crippen LogP contribution in [0.3, 0.4) is 0 Å². The zero-order chi connectivity index (χ0) is 12.3. The van der Waals surface area contributed by atoms with Crippen molar-refractivity contribution in [3.05, 3.63) is 23.6 Å². The largest absolute Gasteiger partial charge is 0.461 e. The molecule has 0 aliphatic carbocycles. The molecule has 2 bridgehead atoms. The summed E-state index contributed by atoms with van der Waals surface area (Å²) < 4.78 is 10.1. The lowest BCUT2D eigenvalue weighted by Gasteiger charge is -2.26. The van der Waals surface area contributed by atoms with Gasteiger partial charge in [0.25, 0.3) is 0 Å². The van der Waals surface area contributed by atoms with E-state index >= 15 is 0 Å². The van der Waals surface area contributed by atoms with Gasteiger partial charge >= 0.3 is 11.9 Å².